The van der Waals surface area contributed by atoms with E-state index in [4.69, 9.17) is 4.74 Å². The van der Waals surface area contributed by atoms with E-state index in [1.54, 1.807) is 7.11 Å². The van der Waals surface area contributed by atoms with Gasteiger partial charge in [-0.3, -0.25) is 0 Å². The van der Waals surface area contributed by atoms with Gasteiger partial charge in [-0.05, 0) is 32.2 Å². The summed E-state index contributed by atoms with van der Waals surface area (Å²) in [7, 11) is -1.15. The van der Waals surface area contributed by atoms with E-state index in [2.05, 4.69) is 5.32 Å². The maximum atomic E-state index is 12.1. The SMILES string of the molecule is COCCNCCCCS(=O)(=O)C1CCCCC1. The topological polar surface area (TPSA) is 55.4 Å². The predicted molar refractivity (Wildman–Crippen MR) is 74.6 cm³/mol. The number of nitrogens with one attached hydrogen (secondary N) is 1. The van der Waals surface area contributed by atoms with Gasteiger partial charge in [0.2, 0.25) is 0 Å². The molecule has 0 unspecified atom stereocenters. The summed E-state index contributed by atoms with van der Waals surface area (Å²) in [4.78, 5) is 0. The lowest BCUT2D eigenvalue weighted by Crippen LogP contribution is -2.27. The average molecular weight is 277 g/mol. The van der Waals surface area contributed by atoms with E-state index in [1.807, 2.05) is 0 Å². The molecule has 0 aromatic heterocycles. The highest BCUT2D eigenvalue weighted by Gasteiger charge is 2.26. The first-order chi connectivity index (χ1) is 8.67. The minimum atomic E-state index is -2.83. The van der Waals surface area contributed by atoms with Gasteiger partial charge >= 0.3 is 0 Å². The van der Waals surface area contributed by atoms with Crippen LogP contribution in [0.2, 0.25) is 0 Å². The van der Waals surface area contributed by atoms with E-state index in [-0.39, 0.29) is 5.25 Å². The molecule has 18 heavy (non-hydrogen) atoms. The van der Waals surface area contributed by atoms with Crippen molar-refractivity contribution in [2.45, 2.75) is 50.2 Å². The van der Waals surface area contributed by atoms with Crippen LogP contribution in [0.4, 0.5) is 0 Å². The Hall–Kier alpha value is -0.130. The van der Waals surface area contributed by atoms with Crippen molar-refractivity contribution in [3.63, 3.8) is 0 Å². The van der Waals surface area contributed by atoms with Gasteiger partial charge in [-0.1, -0.05) is 19.3 Å². The van der Waals surface area contributed by atoms with Crippen molar-refractivity contribution in [2.24, 2.45) is 0 Å². The molecule has 0 atom stereocenters. The summed E-state index contributed by atoms with van der Waals surface area (Å²) < 4.78 is 29.1. The number of methoxy groups -OCH3 is 1. The fourth-order valence-electron chi connectivity index (χ4n) is 2.44. The summed E-state index contributed by atoms with van der Waals surface area (Å²) in [6, 6.07) is 0. The second kappa shape index (κ2) is 8.88. The molecule has 0 spiro atoms. The molecule has 0 saturated heterocycles. The summed E-state index contributed by atoms with van der Waals surface area (Å²) in [6.07, 6.45) is 6.84. The van der Waals surface area contributed by atoms with Crippen molar-refractivity contribution in [1.29, 1.82) is 0 Å². The van der Waals surface area contributed by atoms with Gasteiger partial charge in [0.1, 0.15) is 0 Å². The van der Waals surface area contributed by atoms with Gasteiger partial charge in [-0.2, -0.15) is 0 Å². The quantitative estimate of drug-likeness (QED) is 0.652. The van der Waals surface area contributed by atoms with Gasteiger partial charge in [-0.15, -0.1) is 0 Å². The molecular weight excluding hydrogens is 250 g/mol. The smallest absolute Gasteiger partial charge is 0.153 e. The first kappa shape index (κ1) is 15.9. The molecule has 1 saturated carbocycles. The largest absolute Gasteiger partial charge is 0.383 e. The van der Waals surface area contributed by atoms with E-state index in [0.29, 0.717) is 12.4 Å². The molecule has 1 rings (SSSR count). The second-order valence-corrected chi connectivity index (χ2v) is 7.48. The Morgan fingerprint density at radius 3 is 2.50 bits per heavy atom. The van der Waals surface area contributed by atoms with Crippen LogP contribution in [0.3, 0.4) is 0 Å². The summed E-state index contributed by atoms with van der Waals surface area (Å²) in [6.45, 7) is 2.43. The standard InChI is InChI=1S/C13H27NO3S/c1-17-11-10-14-9-5-6-12-18(15,16)13-7-3-2-4-8-13/h13-14H,2-12H2,1H3. The lowest BCUT2D eigenvalue weighted by atomic mass is 10.0. The third-order valence-electron chi connectivity index (χ3n) is 3.58. The van der Waals surface area contributed by atoms with Crippen molar-refractivity contribution in [1.82, 2.24) is 5.32 Å². The Bertz CT molecular complexity index is 297. The number of unbranched alkanes of at least 4 members (excludes halogenated alkanes) is 1. The molecule has 0 heterocycles. The Balaban J connectivity index is 2.09. The summed E-state index contributed by atoms with van der Waals surface area (Å²) in [5, 5.41) is 3.18. The Labute approximate surface area is 111 Å². The van der Waals surface area contributed by atoms with Crippen LogP contribution in [0, 0.1) is 0 Å². The zero-order valence-corrected chi connectivity index (χ0v) is 12.3. The zero-order chi connectivity index (χ0) is 13.3. The van der Waals surface area contributed by atoms with E-state index >= 15 is 0 Å². The van der Waals surface area contributed by atoms with Crippen LogP contribution >= 0.6 is 0 Å². The van der Waals surface area contributed by atoms with Gasteiger partial charge in [0.05, 0.1) is 17.6 Å². The summed E-state index contributed by atoms with van der Waals surface area (Å²) >= 11 is 0. The third-order valence-corrected chi connectivity index (χ3v) is 5.92. The maximum absolute atomic E-state index is 12.1. The van der Waals surface area contributed by atoms with Crippen molar-refractivity contribution in [2.75, 3.05) is 32.6 Å². The highest BCUT2D eigenvalue weighted by Crippen LogP contribution is 2.24. The number of ether oxygens (including phenoxy) is 1. The molecule has 1 N–H and O–H groups in total. The fourth-order valence-corrected chi connectivity index (χ4v) is 4.43. The Kier molecular flexibility index (Phi) is 7.86. The molecule has 0 aromatic rings. The van der Waals surface area contributed by atoms with Gasteiger partial charge in [0.25, 0.3) is 0 Å². The molecule has 1 aliphatic rings. The van der Waals surface area contributed by atoms with Crippen LogP contribution in [0.5, 0.6) is 0 Å². The lowest BCUT2D eigenvalue weighted by Gasteiger charge is -2.21. The van der Waals surface area contributed by atoms with Crippen LogP contribution in [0.1, 0.15) is 44.9 Å². The van der Waals surface area contributed by atoms with Gasteiger partial charge in [0, 0.05) is 13.7 Å². The minimum absolute atomic E-state index is 0.0484. The van der Waals surface area contributed by atoms with E-state index in [0.717, 1.165) is 51.6 Å². The normalized spacial score (nSPS) is 18.1. The monoisotopic (exact) mass is 277 g/mol. The molecule has 0 radical (unpaired) electrons. The van der Waals surface area contributed by atoms with Gasteiger partial charge < -0.3 is 10.1 Å². The van der Waals surface area contributed by atoms with E-state index in [1.165, 1.54) is 6.42 Å². The van der Waals surface area contributed by atoms with E-state index in [9.17, 15) is 8.42 Å². The van der Waals surface area contributed by atoms with Crippen molar-refractivity contribution < 1.29 is 13.2 Å². The van der Waals surface area contributed by atoms with Crippen LogP contribution in [0.25, 0.3) is 0 Å². The van der Waals surface area contributed by atoms with Crippen LogP contribution < -0.4 is 5.32 Å². The van der Waals surface area contributed by atoms with Crippen LogP contribution in [-0.4, -0.2) is 46.2 Å². The first-order valence-electron chi connectivity index (χ1n) is 7.08. The van der Waals surface area contributed by atoms with Crippen molar-refractivity contribution in [3.8, 4) is 0 Å². The third kappa shape index (κ3) is 6.16. The molecule has 0 aromatic carbocycles. The lowest BCUT2D eigenvalue weighted by molar-refractivity contribution is 0.199. The first-order valence-corrected chi connectivity index (χ1v) is 8.79. The molecule has 0 aliphatic heterocycles. The van der Waals surface area contributed by atoms with Crippen molar-refractivity contribution >= 4 is 9.84 Å². The van der Waals surface area contributed by atoms with Crippen molar-refractivity contribution in [3.05, 3.63) is 0 Å². The number of hydrogen-bond donors (Lipinski definition) is 1. The highest BCUT2D eigenvalue weighted by molar-refractivity contribution is 7.92. The Morgan fingerprint density at radius 1 is 1.11 bits per heavy atom. The number of hydrogen-bond acceptors (Lipinski definition) is 4. The molecule has 108 valence electrons. The highest BCUT2D eigenvalue weighted by atomic mass is 32.2. The minimum Gasteiger partial charge on any atom is -0.383 e. The van der Waals surface area contributed by atoms with Gasteiger partial charge in [-0.25, -0.2) is 8.42 Å². The molecule has 1 aliphatic carbocycles. The molecule has 0 bridgehead atoms. The summed E-state index contributed by atoms with van der Waals surface area (Å²) in [5.41, 5.74) is 0. The van der Waals surface area contributed by atoms with Gasteiger partial charge in [0.15, 0.2) is 9.84 Å². The molecular formula is C13H27NO3S. The fraction of sp³-hybridized carbons (Fsp3) is 1.00. The predicted octanol–water partition coefficient (Wildman–Crippen LogP) is 1.75. The zero-order valence-electron chi connectivity index (χ0n) is 11.5. The molecule has 5 heteroatoms. The number of rotatable bonds is 9. The second-order valence-electron chi connectivity index (χ2n) is 5.08. The van der Waals surface area contributed by atoms with E-state index < -0.39 is 9.84 Å². The van der Waals surface area contributed by atoms with Crippen LogP contribution in [-0.2, 0) is 14.6 Å². The number of sulfone groups is 1. The van der Waals surface area contributed by atoms with Crippen LogP contribution in [0.15, 0.2) is 0 Å². The molecule has 4 nitrogen and oxygen atoms in total. The Morgan fingerprint density at radius 2 is 1.83 bits per heavy atom. The molecule has 0 amide bonds. The maximum Gasteiger partial charge on any atom is 0.153 e. The summed E-state index contributed by atoms with van der Waals surface area (Å²) in [5.74, 6) is 0.365. The average Bonchev–Trinajstić information content (AvgIpc) is 2.39. The molecule has 1 fully saturated rings.